The van der Waals surface area contributed by atoms with Gasteiger partial charge in [-0.2, -0.15) is 0 Å². The topological polar surface area (TPSA) is 26.3 Å². The van der Waals surface area contributed by atoms with Crippen molar-refractivity contribution in [3.05, 3.63) is 29.8 Å². The van der Waals surface area contributed by atoms with E-state index in [1.54, 1.807) is 0 Å². The average Bonchev–Trinajstić information content (AvgIpc) is 2.25. The fraction of sp³-hybridized carbons (Fsp3) is 0.455. The molecule has 0 radical (unpaired) electrons. The molecule has 0 bridgehead atoms. The Hall–Kier alpha value is -0.720. The third-order valence-corrected chi connectivity index (χ3v) is 3.23. The maximum Gasteiger partial charge on any atom is 0.548 e. The van der Waals surface area contributed by atoms with Gasteiger partial charge in [-0.25, -0.2) is 0 Å². The lowest BCUT2D eigenvalue weighted by molar-refractivity contribution is 0.334. The molecule has 2 nitrogen and oxygen atoms in total. The van der Waals surface area contributed by atoms with Gasteiger partial charge in [0.05, 0.1) is 0 Å². The lowest BCUT2D eigenvalue weighted by Gasteiger charge is -1.95. The van der Waals surface area contributed by atoms with E-state index in [0.717, 1.165) is 23.7 Å². The summed E-state index contributed by atoms with van der Waals surface area (Å²) < 4.78 is 16.9. The van der Waals surface area contributed by atoms with E-state index in [2.05, 4.69) is 6.92 Å². The molecule has 0 aliphatic heterocycles. The summed E-state index contributed by atoms with van der Waals surface area (Å²) in [5.74, 6) is 0. The molecule has 1 atom stereocenters. The summed E-state index contributed by atoms with van der Waals surface area (Å²) in [6.45, 7) is 4.63. The molecule has 14 heavy (non-hydrogen) atoms. The van der Waals surface area contributed by atoms with Crippen LogP contribution in [0.5, 0.6) is 0 Å². The second kappa shape index (κ2) is 5.90. The first-order valence-corrected chi connectivity index (χ1v) is 6.15. The molecule has 0 heterocycles. The summed E-state index contributed by atoms with van der Waals surface area (Å²) in [4.78, 5) is 0. The molecule has 1 rings (SSSR count). The van der Waals surface area contributed by atoms with Crippen LogP contribution in [0.1, 0.15) is 25.8 Å². The van der Waals surface area contributed by atoms with Crippen LogP contribution in [-0.2, 0) is 15.5 Å². The molecule has 0 N–H and O–H groups in total. The van der Waals surface area contributed by atoms with Gasteiger partial charge in [0.25, 0.3) is 0 Å². The Bertz CT molecular complexity index is 310. The summed E-state index contributed by atoms with van der Waals surface area (Å²) in [6, 6.07) is 7.74. The Morgan fingerprint density at radius 1 is 1.29 bits per heavy atom. The molecule has 0 aliphatic carbocycles. The molecule has 0 saturated heterocycles. The van der Waals surface area contributed by atoms with Crippen molar-refractivity contribution >= 4 is 13.3 Å². The molecule has 76 valence electrons. The van der Waals surface area contributed by atoms with Gasteiger partial charge in [0.2, 0.25) is 5.30 Å². The van der Waals surface area contributed by atoms with E-state index < -0.39 is 8.03 Å². The SMILES string of the molecule is CCCO[P+](=O)c1ccccc1CC. The summed E-state index contributed by atoms with van der Waals surface area (Å²) in [5, 5.41) is 0.846. The van der Waals surface area contributed by atoms with Crippen LogP contribution in [0.3, 0.4) is 0 Å². The van der Waals surface area contributed by atoms with Crippen molar-refractivity contribution in [1.82, 2.24) is 0 Å². The molecule has 1 aromatic carbocycles. The third-order valence-electron chi connectivity index (χ3n) is 1.98. The maximum atomic E-state index is 11.7. The first kappa shape index (κ1) is 11.4. The van der Waals surface area contributed by atoms with E-state index in [-0.39, 0.29) is 0 Å². The minimum atomic E-state index is -1.66. The Balaban J connectivity index is 2.78. The highest BCUT2D eigenvalue weighted by Gasteiger charge is 2.24. The van der Waals surface area contributed by atoms with Crippen LogP contribution in [0.15, 0.2) is 24.3 Å². The van der Waals surface area contributed by atoms with E-state index in [4.69, 9.17) is 4.52 Å². The van der Waals surface area contributed by atoms with E-state index in [9.17, 15) is 4.57 Å². The quantitative estimate of drug-likeness (QED) is 0.700. The van der Waals surface area contributed by atoms with Gasteiger partial charge in [-0.1, -0.05) is 32.0 Å². The van der Waals surface area contributed by atoms with Crippen LogP contribution in [0.4, 0.5) is 0 Å². The van der Waals surface area contributed by atoms with Crippen LogP contribution in [0.2, 0.25) is 0 Å². The highest BCUT2D eigenvalue weighted by Crippen LogP contribution is 2.23. The first-order valence-electron chi connectivity index (χ1n) is 4.97. The summed E-state index contributed by atoms with van der Waals surface area (Å²) in [7, 11) is -1.66. The van der Waals surface area contributed by atoms with Crippen molar-refractivity contribution in [2.24, 2.45) is 0 Å². The zero-order valence-electron chi connectivity index (χ0n) is 8.69. The molecule has 1 aromatic rings. The molecule has 0 aliphatic rings. The van der Waals surface area contributed by atoms with Gasteiger partial charge >= 0.3 is 8.03 Å². The van der Waals surface area contributed by atoms with Gasteiger partial charge in [-0.05, 0) is 23.5 Å². The molecular formula is C11H16O2P+. The molecular weight excluding hydrogens is 195 g/mol. The number of hydrogen-bond donors (Lipinski definition) is 0. The first-order chi connectivity index (χ1) is 6.79. The lowest BCUT2D eigenvalue weighted by atomic mass is 10.2. The van der Waals surface area contributed by atoms with E-state index in [0.29, 0.717) is 6.61 Å². The molecule has 0 fully saturated rings. The smallest absolute Gasteiger partial charge is 0.142 e. The molecule has 0 spiro atoms. The third kappa shape index (κ3) is 2.90. The number of benzene rings is 1. The van der Waals surface area contributed by atoms with Crippen LogP contribution in [0, 0.1) is 0 Å². The summed E-state index contributed by atoms with van der Waals surface area (Å²) in [6.07, 6.45) is 1.79. The van der Waals surface area contributed by atoms with Crippen molar-refractivity contribution in [2.45, 2.75) is 26.7 Å². The monoisotopic (exact) mass is 211 g/mol. The van der Waals surface area contributed by atoms with E-state index in [1.165, 1.54) is 0 Å². The predicted octanol–water partition coefficient (Wildman–Crippen LogP) is 3.04. The molecule has 0 amide bonds. The highest BCUT2D eigenvalue weighted by atomic mass is 31.1. The zero-order chi connectivity index (χ0) is 10.4. The van der Waals surface area contributed by atoms with Gasteiger partial charge in [-0.3, -0.25) is 0 Å². The van der Waals surface area contributed by atoms with Gasteiger partial charge in [0.1, 0.15) is 6.61 Å². The maximum absolute atomic E-state index is 11.7. The molecule has 3 heteroatoms. The van der Waals surface area contributed by atoms with Crippen molar-refractivity contribution in [2.75, 3.05) is 6.61 Å². The second-order valence-corrected chi connectivity index (χ2v) is 4.33. The summed E-state index contributed by atoms with van der Waals surface area (Å²) in [5.41, 5.74) is 1.12. The largest absolute Gasteiger partial charge is 0.548 e. The highest BCUT2D eigenvalue weighted by molar-refractivity contribution is 7.48. The summed E-state index contributed by atoms with van der Waals surface area (Å²) >= 11 is 0. The van der Waals surface area contributed by atoms with E-state index >= 15 is 0 Å². The number of rotatable bonds is 5. The normalized spacial score (nSPS) is 11.4. The van der Waals surface area contributed by atoms with Gasteiger partial charge in [0, 0.05) is 5.56 Å². The minimum absolute atomic E-state index is 0.563. The molecule has 0 saturated carbocycles. The Kier molecular flexibility index (Phi) is 4.78. The van der Waals surface area contributed by atoms with Gasteiger partial charge in [0.15, 0.2) is 0 Å². The van der Waals surface area contributed by atoms with Crippen LogP contribution in [-0.4, -0.2) is 6.61 Å². The minimum Gasteiger partial charge on any atom is -0.142 e. The number of aryl methyl sites for hydroxylation is 1. The molecule has 0 aromatic heterocycles. The van der Waals surface area contributed by atoms with Crippen LogP contribution < -0.4 is 5.30 Å². The van der Waals surface area contributed by atoms with E-state index in [1.807, 2.05) is 31.2 Å². The number of hydrogen-bond acceptors (Lipinski definition) is 2. The van der Waals surface area contributed by atoms with Crippen molar-refractivity contribution in [3.8, 4) is 0 Å². The van der Waals surface area contributed by atoms with Crippen molar-refractivity contribution in [3.63, 3.8) is 0 Å². The van der Waals surface area contributed by atoms with Crippen molar-refractivity contribution < 1.29 is 9.09 Å². The molecule has 1 unspecified atom stereocenters. The zero-order valence-corrected chi connectivity index (χ0v) is 9.59. The van der Waals surface area contributed by atoms with Crippen LogP contribution >= 0.6 is 8.03 Å². The Labute approximate surface area is 86.2 Å². The Morgan fingerprint density at radius 2 is 2.00 bits per heavy atom. The fourth-order valence-corrected chi connectivity index (χ4v) is 2.39. The average molecular weight is 211 g/mol. The van der Waals surface area contributed by atoms with Crippen molar-refractivity contribution in [1.29, 1.82) is 0 Å². The fourth-order valence-electron chi connectivity index (χ4n) is 1.23. The Morgan fingerprint density at radius 3 is 2.64 bits per heavy atom. The lowest BCUT2D eigenvalue weighted by Crippen LogP contribution is -2.05. The van der Waals surface area contributed by atoms with Gasteiger partial charge < -0.3 is 0 Å². The van der Waals surface area contributed by atoms with Crippen LogP contribution in [0.25, 0.3) is 0 Å². The second-order valence-electron chi connectivity index (χ2n) is 3.07. The standard InChI is InChI=1S/C11H16O2P/c1-3-9-13-14(12)11-8-6-5-7-10(11)4-2/h5-8H,3-4,9H2,1-2H3/q+1. The van der Waals surface area contributed by atoms with Gasteiger partial charge in [-0.15, -0.1) is 4.52 Å². The predicted molar refractivity (Wildman–Crippen MR) is 59.3 cm³/mol.